The summed E-state index contributed by atoms with van der Waals surface area (Å²) < 4.78 is 47.8. The van der Waals surface area contributed by atoms with Crippen molar-refractivity contribution in [2.45, 2.75) is 129 Å². The van der Waals surface area contributed by atoms with E-state index in [1.807, 2.05) is 33.8 Å². The van der Waals surface area contributed by atoms with E-state index in [2.05, 4.69) is 40.8 Å². The summed E-state index contributed by atoms with van der Waals surface area (Å²) >= 11 is 0. The molecule has 3 aliphatic heterocycles. The number of aryl methyl sites for hydroxylation is 1. The second-order valence-electron chi connectivity index (χ2n) is 17.4. The molecule has 6 N–H and O–H groups in total. The smallest absolute Gasteiger partial charge is 0.415 e. The maximum atomic E-state index is 13.5. The van der Waals surface area contributed by atoms with Crippen molar-refractivity contribution < 1.29 is 37.0 Å². The number of carbonyl (C=O) groups excluding carboxylic acids is 3. The molecule has 1 aliphatic carbocycles. The summed E-state index contributed by atoms with van der Waals surface area (Å²) in [6.45, 7) is 17.3. The average molecular weight is 838 g/mol. The van der Waals surface area contributed by atoms with E-state index in [1.54, 1.807) is 19.9 Å². The maximum absolute atomic E-state index is 13.5. The zero-order valence-corrected chi connectivity index (χ0v) is 36.9. The Labute approximate surface area is 349 Å². The fraction of sp³-hybridized carbons (Fsp3) is 0.628. The van der Waals surface area contributed by atoms with Crippen LogP contribution < -0.4 is 35.7 Å². The van der Waals surface area contributed by atoms with Crippen molar-refractivity contribution in [2.24, 2.45) is 28.3 Å². The number of ether oxygens (including phenoxy) is 3. The monoisotopic (exact) mass is 837 g/mol. The lowest BCUT2D eigenvalue weighted by Crippen LogP contribution is -2.59. The number of nitrogens with zero attached hydrogens (tertiary/aromatic N) is 3. The molecule has 3 unspecified atom stereocenters. The number of carbonyl (C=O) groups is 3. The molecule has 15 nitrogen and oxygen atoms in total. The van der Waals surface area contributed by atoms with Crippen LogP contribution in [-0.4, -0.2) is 106 Å². The molecule has 1 saturated carbocycles. The molecule has 0 aromatic heterocycles. The Morgan fingerprint density at radius 3 is 2.53 bits per heavy atom. The third-order valence-electron chi connectivity index (χ3n) is 12.8. The van der Waals surface area contributed by atoms with Crippen LogP contribution in [0.15, 0.2) is 22.0 Å². The highest BCUT2D eigenvalue weighted by molar-refractivity contribution is 7.90. The highest BCUT2D eigenvalue weighted by atomic mass is 32.2. The molecule has 0 radical (unpaired) electrons. The molecular formula is C43H63N7O8S. The third kappa shape index (κ3) is 8.76. The molecule has 16 heteroatoms. The Kier molecular flexibility index (Phi) is 12.9. The number of nitrogens with one attached hydrogen (secondary N) is 2. The van der Waals surface area contributed by atoms with Crippen molar-refractivity contribution in [3.63, 3.8) is 0 Å². The zero-order chi connectivity index (χ0) is 43.1. The van der Waals surface area contributed by atoms with Gasteiger partial charge in [-0.3, -0.25) is 14.6 Å². The summed E-state index contributed by atoms with van der Waals surface area (Å²) in [5, 5.41) is 2.79. The van der Waals surface area contributed by atoms with Gasteiger partial charge in [-0.05, 0) is 114 Å². The summed E-state index contributed by atoms with van der Waals surface area (Å²) in [6, 6.07) is 3.23. The van der Waals surface area contributed by atoms with Gasteiger partial charge in [-0.1, -0.05) is 19.9 Å². The third-order valence-corrected chi connectivity index (χ3v) is 14.4. The van der Waals surface area contributed by atoms with Crippen molar-refractivity contribution in [3.05, 3.63) is 45.5 Å². The number of fused-ring (bicyclic) bond motifs is 4. The van der Waals surface area contributed by atoms with Crippen LogP contribution in [0.3, 0.4) is 0 Å². The number of likely N-dealkylation sites (N-methyl/N-ethyl adjacent to an activating group) is 1. The fourth-order valence-electron chi connectivity index (χ4n) is 9.79. The fourth-order valence-corrected chi connectivity index (χ4v) is 11.3. The molecule has 3 heterocycles. The van der Waals surface area contributed by atoms with Crippen LogP contribution in [0.1, 0.15) is 99.6 Å². The number of amides is 2. The van der Waals surface area contributed by atoms with Gasteiger partial charge in [-0.2, -0.15) is 0 Å². The van der Waals surface area contributed by atoms with E-state index >= 15 is 0 Å². The minimum atomic E-state index is -4.04. The van der Waals surface area contributed by atoms with Gasteiger partial charge in [0.05, 0.1) is 10.9 Å². The highest BCUT2D eigenvalue weighted by Crippen LogP contribution is 2.55. The molecule has 6 rings (SSSR count). The van der Waals surface area contributed by atoms with E-state index in [0.29, 0.717) is 60.4 Å². The number of Topliss-reactive ketones (excluding diaryl/α,β-unsaturated/α-hetero) is 1. The standard InChI is InChI=1S/C43H63N7O8S/c1-10-27-14-17-32(38-33(27)34-28(35-23(3)22-49(35)9)15-16-31(51)37(34)57-38)56-42(53)50(11-2)20-19-46-40(52)30(44)13-12-18-47-41(45)48-59(54,55)39-25(5)24(4)36-29(26(39)6)21-43(7,8)58-36/h14,17,23,28,30,34-35,37H,10-13,15-16,18-22,44H2,1-9H3,(H,46,52)(H3,45,47,48)/t23?,28?,30-,34?,35+,37-/m0/s1. The van der Waals surface area contributed by atoms with Crippen LogP contribution in [-0.2, 0) is 32.5 Å². The van der Waals surface area contributed by atoms with Gasteiger partial charge in [0.1, 0.15) is 11.4 Å². The normalized spacial score (nSPS) is 23.9. The first-order chi connectivity index (χ1) is 27.8. The minimum Gasteiger partial charge on any atom is -0.487 e. The number of aliphatic imine (C=N–C) groups is 1. The predicted molar refractivity (Wildman–Crippen MR) is 226 cm³/mol. The quantitative estimate of drug-likeness (QED) is 0.122. The Balaban J connectivity index is 0.991. The summed E-state index contributed by atoms with van der Waals surface area (Å²) in [4.78, 5) is 47.8. The Bertz CT molecular complexity index is 2110. The van der Waals surface area contributed by atoms with Crippen LogP contribution in [0.25, 0.3) is 0 Å². The first-order valence-corrected chi connectivity index (χ1v) is 22.5. The summed E-state index contributed by atoms with van der Waals surface area (Å²) in [5.41, 5.74) is 16.7. The molecule has 2 amide bonds. The minimum absolute atomic E-state index is 0.0868. The van der Waals surface area contributed by atoms with Gasteiger partial charge < -0.3 is 40.8 Å². The number of hydrogen-bond acceptors (Lipinski definition) is 11. The molecule has 4 aliphatic rings. The van der Waals surface area contributed by atoms with E-state index in [1.165, 1.54) is 4.90 Å². The molecule has 1 saturated heterocycles. The molecule has 0 bridgehead atoms. The van der Waals surface area contributed by atoms with Gasteiger partial charge in [-0.25, -0.2) is 17.9 Å². The van der Waals surface area contributed by atoms with Crippen molar-refractivity contribution in [3.8, 4) is 17.2 Å². The number of hydrogen-bond donors (Lipinski definition) is 4. The van der Waals surface area contributed by atoms with Crippen molar-refractivity contribution in [1.29, 1.82) is 0 Å². The van der Waals surface area contributed by atoms with E-state index in [4.69, 9.17) is 25.7 Å². The van der Waals surface area contributed by atoms with Crippen LogP contribution in [0.5, 0.6) is 17.2 Å². The van der Waals surface area contributed by atoms with E-state index < -0.39 is 39.8 Å². The lowest BCUT2D eigenvalue weighted by atomic mass is 9.65. The Morgan fingerprint density at radius 2 is 1.86 bits per heavy atom. The SMILES string of the molecule is CCc1ccc(OC(=O)N(CC)CCNC(=O)[C@@H](N)CCCN=C(N)NS(=O)(=O)c2c(C)c(C)c3c(c2C)CC(C)(C)O3)c2c1C1C([C@H]3C(C)CN3C)CCC(=O)[C@@H]1O2. The van der Waals surface area contributed by atoms with Crippen molar-refractivity contribution in [2.75, 3.05) is 39.8 Å². The van der Waals surface area contributed by atoms with Gasteiger partial charge >= 0.3 is 6.09 Å². The molecule has 59 heavy (non-hydrogen) atoms. The number of sulfonamides is 1. The Hall–Kier alpha value is -4.41. The topological polar surface area (TPSA) is 208 Å². The summed E-state index contributed by atoms with van der Waals surface area (Å²) in [7, 11) is -1.90. The molecular weight excluding hydrogens is 775 g/mol. The first-order valence-electron chi connectivity index (χ1n) is 21.0. The van der Waals surface area contributed by atoms with E-state index in [0.717, 1.165) is 47.4 Å². The molecule has 2 aromatic rings. The molecule has 6 atom stereocenters. The van der Waals surface area contributed by atoms with Gasteiger partial charge in [-0.15, -0.1) is 0 Å². The second kappa shape index (κ2) is 17.3. The van der Waals surface area contributed by atoms with Crippen LogP contribution in [0.4, 0.5) is 4.79 Å². The van der Waals surface area contributed by atoms with Gasteiger partial charge in [0.15, 0.2) is 23.4 Å². The maximum Gasteiger partial charge on any atom is 0.415 e. The van der Waals surface area contributed by atoms with Gasteiger partial charge in [0, 0.05) is 68.7 Å². The first kappa shape index (κ1) is 44.2. The summed E-state index contributed by atoms with van der Waals surface area (Å²) in [5.74, 6) is 1.66. The highest BCUT2D eigenvalue weighted by Gasteiger charge is 2.54. The van der Waals surface area contributed by atoms with E-state index in [-0.39, 0.29) is 54.5 Å². The number of benzene rings is 2. The van der Waals surface area contributed by atoms with Crippen LogP contribution in [0, 0.1) is 32.6 Å². The molecule has 324 valence electrons. The number of ketones is 1. The lowest BCUT2D eigenvalue weighted by molar-refractivity contribution is -0.131. The number of rotatable bonds is 14. The predicted octanol–water partition coefficient (Wildman–Crippen LogP) is 4.00. The average Bonchev–Trinajstić information content (AvgIpc) is 3.74. The molecule has 0 spiro atoms. The second-order valence-corrected chi connectivity index (χ2v) is 19.0. The van der Waals surface area contributed by atoms with Gasteiger partial charge in [0.25, 0.3) is 10.0 Å². The largest absolute Gasteiger partial charge is 0.487 e. The number of likely N-dealkylation sites (tertiary alicyclic amines) is 1. The van der Waals surface area contributed by atoms with Gasteiger partial charge in [0.2, 0.25) is 11.9 Å². The van der Waals surface area contributed by atoms with Crippen LogP contribution >= 0.6 is 0 Å². The van der Waals surface area contributed by atoms with Crippen molar-refractivity contribution in [1.82, 2.24) is 19.8 Å². The number of guanidine groups is 1. The molecule has 2 fully saturated rings. The van der Waals surface area contributed by atoms with E-state index in [9.17, 15) is 22.8 Å². The summed E-state index contributed by atoms with van der Waals surface area (Å²) in [6.07, 6.45) is 2.11. The Morgan fingerprint density at radius 1 is 1.14 bits per heavy atom. The molecule has 2 aromatic carbocycles. The number of nitrogens with two attached hydrogens (primary N) is 2. The van der Waals surface area contributed by atoms with Crippen molar-refractivity contribution >= 4 is 33.8 Å². The van der Waals surface area contributed by atoms with Crippen LogP contribution in [0.2, 0.25) is 0 Å². The zero-order valence-electron chi connectivity index (χ0n) is 36.1. The lowest BCUT2D eigenvalue weighted by Gasteiger charge is -2.52.